The Labute approximate surface area is 159 Å². The van der Waals surface area contributed by atoms with E-state index >= 15 is 0 Å². The third kappa shape index (κ3) is 4.52. The Hall–Kier alpha value is -2.29. The molecule has 3 heterocycles. The number of halogens is 3. The summed E-state index contributed by atoms with van der Waals surface area (Å²) >= 11 is 1.58. The van der Waals surface area contributed by atoms with Gasteiger partial charge in [-0.3, -0.25) is 4.40 Å². The number of nitrogens with zero attached hydrogens (tertiary/aromatic N) is 4. The van der Waals surface area contributed by atoms with Crippen LogP contribution in [0, 0.1) is 5.92 Å². The number of imidazole rings is 1. The van der Waals surface area contributed by atoms with E-state index in [1.165, 1.54) is 4.40 Å². The van der Waals surface area contributed by atoms with Crippen LogP contribution in [0.25, 0.3) is 17.0 Å². The Balaban J connectivity index is 1.99. The summed E-state index contributed by atoms with van der Waals surface area (Å²) in [5.74, 6) is 1.86. The van der Waals surface area contributed by atoms with E-state index in [1.807, 2.05) is 13.0 Å². The molecule has 3 aromatic rings. The number of hydrogen-bond donors (Lipinski definition) is 0. The minimum Gasteiger partial charge on any atom is -0.492 e. The van der Waals surface area contributed by atoms with Crippen molar-refractivity contribution in [3.8, 4) is 17.1 Å². The van der Waals surface area contributed by atoms with Crippen LogP contribution in [-0.4, -0.2) is 31.7 Å². The maximum absolute atomic E-state index is 12.9. The molecule has 5 nitrogen and oxygen atoms in total. The molecular weight excluding hydrogens is 377 g/mol. The molecule has 0 atom stereocenters. The van der Waals surface area contributed by atoms with Crippen LogP contribution in [0.2, 0.25) is 0 Å². The Morgan fingerprint density at radius 3 is 2.67 bits per heavy atom. The lowest BCUT2D eigenvalue weighted by Gasteiger charge is -2.11. The van der Waals surface area contributed by atoms with Crippen molar-refractivity contribution >= 4 is 17.4 Å². The van der Waals surface area contributed by atoms with Crippen LogP contribution in [0.3, 0.4) is 0 Å². The highest BCUT2D eigenvalue weighted by Gasteiger charge is 2.33. The Morgan fingerprint density at radius 2 is 2.00 bits per heavy atom. The highest BCUT2D eigenvalue weighted by atomic mass is 32.2. The van der Waals surface area contributed by atoms with Crippen molar-refractivity contribution in [2.75, 3.05) is 12.4 Å². The zero-order valence-electron chi connectivity index (χ0n) is 15.1. The van der Waals surface area contributed by atoms with Gasteiger partial charge in [-0.05, 0) is 17.7 Å². The summed E-state index contributed by atoms with van der Waals surface area (Å²) in [5.41, 5.74) is 0.292. The van der Waals surface area contributed by atoms with Crippen LogP contribution in [-0.2, 0) is 6.18 Å². The Bertz CT molecular complexity index is 940. The standard InChI is InChI=1S/C18H19F3N4OS/c1-4-27-14-5-12(26-9-11(2)3)7-22-17(14)13-8-25-10-23-15(18(19,20)21)6-16(25)24-13/h5-8,10-11H,4,9H2,1-3H3. The van der Waals surface area contributed by atoms with Crippen LogP contribution >= 0.6 is 11.8 Å². The third-order valence-electron chi connectivity index (χ3n) is 3.59. The first-order chi connectivity index (χ1) is 12.8. The van der Waals surface area contributed by atoms with Gasteiger partial charge in [0.25, 0.3) is 0 Å². The van der Waals surface area contributed by atoms with Crippen molar-refractivity contribution in [1.29, 1.82) is 0 Å². The summed E-state index contributed by atoms with van der Waals surface area (Å²) in [6.07, 6.45) is -0.161. The number of thioether (sulfide) groups is 1. The third-order valence-corrected chi connectivity index (χ3v) is 4.50. The van der Waals surface area contributed by atoms with E-state index in [9.17, 15) is 13.2 Å². The lowest BCUT2D eigenvalue weighted by atomic mass is 10.2. The Kier molecular flexibility index (Phi) is 5.59. The second-order valence-corrected chi connectivity index (χ2v) is 7.62. The van der Waals surface area contributed by atoms with Crippen molar-refractivity contribution in [3.63, 3.8) is 0 Å². The van der Waals surface area contributed by atoms with Crippen molar-refractivity contribution in [2.45, 2.75) is 31.8 Å². The number of ether oxygens (including phenoxy) is 1. The lowest BCUT2D eigenvalue weighted by molar-refractivity contribution is -0.141. The molecule has 0 fully saturated rings. The summed E-state index contributed by atoms with van der Waals surface area (Å²) in [5, 5.41) is 0. The van der Waals surface area contributed by atoms with Crippen LogP contribution in [0.5, 0.6) is 5.75 Å². The molecule has 144 valence electrons. The number of hydrogen-bond acceptors (Lipinski definition) is 5. The maximum Gasteiger partial charge on any atom is 0.433 e. The summed E-state index contributed by atoms with van der Waals surface area (Å²) in [6, 6.07) is 2.82. The van der Waals surface area contributed by atoms with E-state index in [1.54, 1.807) is 24.2 Å². The fourth-order valence-corrected chi connectivity index (χ4v) is 3.19. The molecule has 3 aromatic heterocycles. The van der Waals surface area contributed by atoms with Gasteiger partial charge in [-0.15, -0.1) is 11.8 Å². The average molecular weight is 396 g/mol. The highest BCUT2D eigenvalue weighted by molar-refractivity contribution is 7.99. The molecule has 0 aliphatic rings. The summed E-state index contributed by atoms with van der Waals surface area (Å²) in [4.78, 5) is 13.1. The molecular formula is C18H19F3N4OS. The predicted octanol–water partition coefficient (Wildman–Crippen LogP) is 4.96. The fourth-order valence-electron chi connectivity index (χ4n) is 2.39. The number of aromatic nitrogens is 4. The molecule has 0 aliphatic heterocycles. The molecule has 9 heteroatoms. The molecule has 0 radical (unpaired) electrons. The predicted molar refractivity (Wildman–Crippen MR) is 98.0 cm³/mol. The van der Waals surface area contributed by atoms with Gasteiger partial charge in [-0.1, -0.05) is 20.8 Å². The summed E-state index contributed by atoms with van der Waals surface area (Å²) in [6.45, 7) is 6.71. The minimum absolute atomic E-state index is 0.168. The molecule has 0 saturated heterocycles. The van der Waals surface area contributed by atoms with Gasteiger partial charge in [0.15, 0.2) is 0 Å². The fraction of sp³-hybridized carbons (Fsp3) is 0.389. The van der Waals surface area contributed by atoms with Gasteiger partial charge in [-0.25, -0.2) is 15.0 Å². The van der Waals surface area contributed by atoms with E-state index < -0.39 is 11.9 Å². The summed E-state index contributed by atoms with van der Waals surface area (Å²) in [7, 11) is 0. The zero-order chi connectivity index (χ0) is 19.6. The molecule has 0 unspecified atom stereocenters. The van der Waals surface area contributed by atoms with Gasteiger partial charge in [0.05, 0.1) is 12.8 Å². The smallest absolute Gasteiger partial charge is 0.433 e. The molecule has 0 aliphatic carbocycles. The highest BCUT2D eigenvalue weighted by Crippen LogP contribution is 2.33. The van der Waals surface area contributed by atoms with E-state index in [0.717, 1.165) is 23.0 Å². The normalized spacial score (nSPS) is 12.1. The summed E-state index contributed by atoms with van der Waals surface area (Å²) < 4.78 is 45.7. The van der Waals surface area contributed by atoms with Gasteiger partial charge < -0.3 is 4.74 Å². The van der Waals surface area contributed by atoms with Gasteiger partial charge in [0, 0.05) is 17.2 Å². The molecule has 0 aromatic carbocycles. The molecule has 27 heavy (non-hydrogen) atoms. The van der Waals surface area contributed by atoms with Crippen molar-refractivity contribution in [2.24, 2.45) is 5.92 Å². The van der Waals surface area contributed by atoms with Crippen molar-refractivity contribution in [3.05, 3.63) is 36.5 Å². The molecule has 0 spiro atoms. The molecule has 3 rings (SSSR count). The monoisotopic (exact) mass is 396 g/mol. The quantitative estimate of drug-likeness (QED) is 0.552. The van der Waals surface area contributed by atoms with Crippen LogP contribution in [0.4, 0.5) is 13.2 Å². The minimum atomic E-state index is -4.51. The second kappa shape index (κ2) is 7.75. The number of rotatable bonds is 6. The molecule has 0 N–H and O–H groups in total. The first-order valence-electron chi connectivity index (χ1n) is 8.46. The first kappa shape index (κ1) is 19.5. The SMILES string of the molecule is CCSc1cc(OCC(C)C)cnc1-c1cn2cnc(C(F)(F)F)cc2n1. The van der Waals surface area contributed by atoms with Gasteiger partial charge >= 0.3 is 6.18 Å². The van der Waals surface area contributed by atoms with E-state index in [-0.39, 0.29) is 5.65 Å². The second-order valence-electron chi connectivity index (χ2n) is 6.32. The largest absolute Gasteiger partial charge is 0.492 e. The molecule has 0 bridgehead atoms. The average Bonchev–Trinajstić information content (AvgIpc) is 3.02. The molecule has 0 saturated carbocycles. The van der Waals surface area contributed by atoms with Gasteiger partial charge in [-0.2, -0.15) is 13.2 Å². The van der Waals surface area contributed by atoms with Crippen LogP contribution < -0.4 is 4.74 Å². The van der Waals surface area contributed by atoms with E-state index in [4.69, 9.17) is 4.74 Å². The molecule has 0 amide bonds. The topological polar surface area (TPSA) is 52.3 Å². The number of alkyl halides is 3. The number of pyridine rings is 1. The van der Waals surface area contributed by atoms with Crippen LogP contribution in [0.1, 0.15) is 26.5 Å². The lowest BCUT2D eigenvalue weighted by Crippen LogP contribution is -2.08. The number of fused-ring (bicyclic) bond motifs is 1. The van der Waals surface area contributed by atoms with Gasteiger partial charge in [0.2, 0.25) is 0 Å². The van der Waals surface area contributed by atoms with E-state index in [0.29, 0.717) is 29.7 Å². The van der Waals surface area contributed by atoms with Crippen molar-refractivity contribution < 1.29 is 17.9 Å². The van der Waals surface area contributed by atoms with E-state index in [2.05, 4.69) is 28.8 Å². The maximum atomic E-state index is 12.9. The Morgan fingerprint density at radius 1 is 1.22 bits per heavy atom. The first-order valence-corrected chi connectivity index (χ1v) is 9.44. The van der Waals surface area contributed by atoms with Crippen LogP contribution in [0.15, 0.2) is 35.7 Å². The zero-order valence-corrected chi connectivity index (χ0v) is 15.9. The van der Waals surface area contributed by atoms with Crippen molar-refractivity contribution in [1.82, 2.24) is 19.4 Å². The van der Waals surface area contributed by atoms with Gasteiger partial charge in [0.1, 0.15) is 34.8 Å².